The molecule has 2 aromatic rings. The van der Waals surface area contributed by atoms with E-state index < -0.39 is 0 Å². The number of aromatic nitrogens is 4. The second-order valence-electron chi connectivity index (χ2n) is 3.84. The number of rotatable bonds is 6. The third-order valence-electron chi connectivity index (χ3n) is 2.43. The standard InChI is InChI=1S/C11H15N5OS/c1-2-5-16-9(6-13-15-16)11(17)8-7-18-10(14-8)3-4-12/h6-7H,2-5,12H2,1H3. The second-order valence-corrected chi connectivity index (χ2v) is 4.78. The molecule has 2 N–H and O–H groups in total. The molecule has 0 amide bonds. The van der Waals surface area contributed by atoms with Crippen molar-refractivity contribution in [1.82, 2.24) is 20.0 Å². The molecule has 18 heavy (non-hydrogen) atoms. The molecule has 0 aliphatic carbocycles. The Balaban J connectivity index is 2.21. The van der Waals surface area contributed by atoms with Gasteiger partial charge in [-0.15, -0.1) is 16.4 Å². The highest BCUT2D eigenvalue weighted by molar-refractivity contribution is 7.09. The van der Waals surface area contributed by atoms with Crippen LogP contribution >= 0.6 is 11.3 Å². The Labute approximate surface area is 109 Å². The Morgan fingerprint density at radius 3 is 3.11 bits per heavy atom. The topological polar surface area (TPSA) is 86.7 Å². The molecular weight excluding hydrogens is 250 g/mol. The number of thiazole rings is 1. The summed E-state index contributed by atoms with van der Waals surface area (Å²) in [5.41, 5.74) is 6.40. The van der Waals surface area contributed by atoms with Crippen molar-refractivity contribution in [2.45, 2.75) is 26.3 Å². The van der Waals surface area contributed by atoms with Gasteiger partial charge < -0.3 is 5.73 Å². The van der Waals surface area contributed by atoms with Crippen LogP contribution in [0.2, 0.25) is 0 Å². The van der Waals surface area contributed by atoms with E-state index in [1.807, 2.05) is 6.92 Å². The third kappa shape index (κ3) is 2.62. The normalized spacial score (nSPS) is 10.8. The minimum atomic E-state index is -0.132. The summed E-state index contributed by atoms with van der Waals surface area (Å²) in [6.45, 7) is 3.25. The molecule has 0 radical (unpaired) electrons. The first-order chi connectivity index (χ1) is 8.76. The van der Waals surface area contributed by atoms with Crippen molar-refractivity contribution in [3.8, 4) is 0 Å². The molecule has 0 unspecified atom stereocenters. The van der Waals surface area contributed by atoms with Gasteiger partial charge in [-0.1, -0.05) is 12.1 Å². The van der Waals surface area contributed by atoms with Gasteiger partial charge in [-0.25, -0.2) is 9.67 Å². The fourth-order valence-electron chi connectivity index (χ4n) is 1.60. The minimum Gasteiger partial charge on any atom is -0.330 e. The van der Waals surface area contributed by atoms with E-state index in [4.69, 9.17) is 5.73 Å². The summed E-state index contributed by atoms with van der Waals surface area (Å²) < 4.78 is 1.62. The van der Waals surface area contributed by atoms with Crippen LogP contribution in [0.1, 0.15) is 34.5 Å². The Morgan fingerprint density at radius 1 is 1.56 bits per heavy atom. The second kappa shape index (κ2) is 5.83. The lowest BCUT2D eigenvalue weighted by molar-refractivity contribution is 0.102. The summed E-state index contributed by atoms with van der Waals surface area (Å²) in [6.07, 6.45) is 3.09. The molecule has 0 saturated heterocycles. The maximum absolute atomic E-state index is 12.2. The lowest BCUT2D eigenvalue weighted by Crippen LogP contribution is -2.12. The molecule has 0 fully saturated rings. The van der Waals surface area contributed by atoms with Crippen LogP contribution in [0.15, 0.2) is 11.6 Å². The SMILES string of the molecule is CCCn1nncc1C(=O)c1csc(CCN)n1. The van der Waals surface area contributed by atoms with E-state index in [1.54, 1.807) is 10.1 Å². The molecule has 2 heterocycles. The average molecular weight is 265 g/mol. The number of hydrogen-bond acceptors (Lipinski definition) is 6. The third-order valence-corrected chi connectivity index (χ3v) is 3.34. The zero-order valence-electron chi connectivity index (χ0n) is 10.2. The van der Waals surface area contributed by atoms with Gasteiger partial charge >= 0.3 is 0 Å². The van der Waals surface area contributed by atoms with E-state index in [-0.39, 0.29) is 5.78 Å². The van der Waals surface area contributed by atoms with Crippen LogP contribution < -0.4 is 5.73 Å². The van der Waals surface area contributed by atoms with Crippen molar-refractivity contribution in [1.29, 1.82) is 0 Å². The molecular formula is C11H15N5OS. The van der Waals surface area contributed by atoms with Crippen molar-refractivity contribution in [2.75, 3.05) is 6.54 Å². The molecule has 2 rings (SSSR count). The first-order valence-corrected chi connectivity index (χ1v) is 6.72. The van der Waals surface area contributed by atoms with Crippen LogP contribution in [-0.2, 0) is 13.0 Å². The predicted molar refractivity (Wildman–Crippen MR) is 68.6 cm³/mol. The summed E-state index contributed by atoms with van der Waals surface area (Å²) in [7, 11) is 0. The van der Waals surface area contributed by atoms with Crippen LogP contribution in [0.5, 0.6) is 0 Å². The van der Waals surface area contributed by atoms with E-state index in [2.05, 4.69) is 15.3 Å². The van der Waals surface area contributed by atoms with E-state index >= 15 is 0 Å². The smallest absolute Gasteiger partial charge is 0.231 e. The molecule has 0 saturated carbocycles. The van der Waals surface area contributed by atoms with E-state index in [9.17, 15) is 4.79 Å². The summed E-state index contributed by atoms with van der Waals surface area (Å²) >= 11 is 1.46. The van der Waals surface area contributed by atoms with Gasteiger partial charge in [-0.3, -0.25) is 4.79 Å². The predicted octanol–water partition coefficient (Wildman–Crippen LogP) is 0.877. The molecule has 2 aromatic heterocycles. The Bertz CT molecular complexity index is 533. The summed E-state index contributed by atoms with van der Waals surface area (Å²) in [5, 5.41) is 10.3. The van der Waals surface area contributed by atoms with Gasteiger partial charge in [0.2, 0.25) is 5.78 Å². The van der Waals surface area contributed by atoms with E-state index in [1.165, 1.54) is 17.5 Å². The summed E-state index contributed by atoms with van der Waals surface area (Å²) in [6, 6.07) is 0. The maximum Gasteiger partial charge on any atom is 0.231 e. The Hall–Kier alpha value is -1.60. The van der Waals surface area contributed by atoms with Crippen LogP contribution in [-0.4, -0.2) is 32.3 Å². The highest BCUT2D eigenvalue weighted by Crippen LogP contribution is 2.14. The van der Waals surface area contributed by atoms with Gasteiger partial charge in [0, 0.05) is 18.3 Å². The van der Waals surface area contributed by atoms with Crippen LogP contribution in [0, 0.1) is 0 Å². The van der Waals surface area contributed by atoms with Gasteiger partial charge in [0.25, 0.3) is 0 Å². The van der Waals surface area contributed by atoms with Crippen molar-refractivity contribution in [2.24, 2.45) is 5.73 Å². The number of aryl methyl sites for hydroxylation is 1. The summed E-state index contributed by atoms with van der Waals surface area (Å²) in [4.78, 5) is 16.5. The van der Waals surface area contributed by atoms with E-state index in [0.29, 0.717) is 30.9 Å². The Kier molecular flexibility index (Phi) is 4.16. The van der Waals surface area contributed by atoms with Crippen LogP contribution in [0.4, 0.5) is 0 Å². The van der Waals surface area contributed by atoms with Crippen LogP contribution in [0.3, 0.4) is 0 Å². The first kappa shape index (κ1) is 12.8. The van der Waals surface area contributed by atoms with Crippen molar-refractivity contribution >= 4 is 17.1 Å². The quantitative estimate of drug-likeness (QED) is 0.783. The minimum absolute atomic E-state index is 0.132. The molecule has 0 spiro atoms. The van der Waals surface area contributed by atoms with Gasteiger partial charge in [0.05, 0.1) is 11.2 Å². The molecule has 96 valence electrons. The number of carbonyl (C=O) groups excluding carboxylic acids is 1. The largest absolute Gasteiger partial charge is 0.330 e. The zero-order valence-corrected chi connectivity index (χ0v) is 11.0. The Morgan fingerprint density at radius 2 is 2.39 bits per heavy atom. The molecule has 0 aliphatic rings. The highest BCUT2D eigenvalue weighted by atomic mass is 32.1. The van der Waals surface area contributed by atoms with Gasteiger partial charge in [-0.2, -0.15) is 0 Å². The lowest BCUT2D eigenvalue weighted by Gasteiger charge is -2.01. The average Bonchev–Trinajstić information content (AvgIpc) is 2.98. The number of carbonyl (C=O) groups is 1. The van der Waals surface area contributed by atoms with Gasteiger partial charge in [0.15, 0.2) is 0 Å². The number of nitrogens with two attached hydrogens (primary N) is 1. The fraction of sp³-hybridized carbons (Fsp3) is 0.455. The molecule has 0 aliphatic heterocycles. The van der Waals surface area contributed by atoms with Crippen molar-refractivity contribution in [3.05, 3.63) is 28.0 Å². The highest BCUT2D eigenvalue weighted by Gasteiger charge is 2.17. The van der Waals surface area contributed by atoms with Crippen molar-refractivity contribution < 1.29 is 4.79 Å². The fourth-order valence-corrected chi connectivity index (χ4v) is 2.39. The van der Waals surface area contributed by atoms with Crippen LogP contribution in [0.25, 0.3) is 0 Å². The van der Waals surface area contributed by atoms with E-state index in [0.717, 1.165) is 11.4 Å². The molecule has 6 nitrogen and oxygen atoms in total. The molecule has 0 atom stereocenters. The zero-order chi connectivity index (χ0) is 13.0. The first-order valence-electron chi connectivity index (χ1n) is 5.84. The lowest BCUT2D eigenvalue weighted by atomic mass is 10.2. The molecule has 0 aromatic carbocycles. The maximum atomic E-state index is 12.2. The van der Waals surface area contributed by atoms with Gasteiger partial charge in [0.1, 0.15) is 11.4 Å². The summed E-state index contributed by atoms with van der Waals surface area (Å²) in [5.74, 6) is -0.132. The molecule has 0 bridgehead atoms. The monoisotopic (exact) mass is 265 g/mol. The van der Waals surface area contributed by atoms with Gasteiger partial charge in [-0.05, 0) is 13.0 Å². The number of hydrogen-bond donors (Lipinski definition) is 1. The number of ketones is 1. The molecule has 7 heteroatoms. The van der Waals surface area contributed by atoms with Crippen molar-refractivity contribution in [3.63, 3.8) is 0 Å². The number of nitrogens with zero attached hydrogens (tertiary/aromatic N) is 4.